The van der Waals surface area contributed by atoms with Gasteiger partial charge in [-0.3, -0.25) is 14.9 Å². The first-order chi connectivity index (χ1) is 13.0. The van der Waals surface area contributed by atoms with Crippen LogP contribution < -0.4 is 19.5 Å². The average Bonchev–Trinajstić information content (AvgIpc) is 2.66. The maximum absolute atomic E-state index is 12.4. The highest BCUT2D eigenvalue weighted by Crippen LogP contribution is 2.34. The summed E-state index contributed by atoms with van der Waals surface area (Å²) in [6.45, 7) is 2.43. The Balaban J connectivity index is 2.06. The van der Waals surface area contributed by atoms with E-state index in [1.54, 1.807) is 31.2 Å². The van der Waals surface area contributed by atoms with Crippen LogP contribution in [0, 0.1) is 10.1 Å². The van der Waals surface area contributed by atoms with Gasteiger partial charge in [-0.25, -0.2) is 0 Å². The van der Waals surface area contributed by atoms with Crippen molar-refractivity contribution in [3.63, 3.8) is 0 Å². The smallest absolute Gasteiger partial charge is 0.286 e. The zero-order valence-electron chi connectivity index (χ0n) is 14.9. The number of halogens is 1. The maximum atomic E-state index is 12.4. The van der Waals surface area contributed by atoms with Crippen molar-refractivity contribution in [3.8, 4) is 17.2 Å². The van der Waals surface area contributed by atoms with E-state index in [9.17, 15) is 14.9 Å². The normalized spacial score (nSPS) is 10.2. The van der Waals surface area contributed by atoms with E-state index in [0.29, 0.717) is 17.4 Å². The summed E-state index contributed by atoms with van der Waals surface area (Å²) in [7, 11) is 1.37. The first-order valence-electron chi connectivity index (χ1n) is 8.12. The second-order valence-electron chi connectivity index (χ2n) is 5.27. The molecule has 2 aromatic rings. The Morgan fingerprint density at radius 3 is 2.48 bits per heavy atom. The molecule has 0 heterocycles. The van der Waals surface area contributed by atoms with Crippen LogP contribution >= 0.6 is 11.6 Å². The van der Waals surface area contributed by atoms with Crippen molar-refractivity contribution in [1.29, 1.82) is 0 Å². The first-order valence-corrected chi connectivity index (χ1v) is 8.49. The molecule has 0 bridgehead atoms. The third-order valence-electron chi connectivity index (χ3n) is 3.49. The molecule has 1 N–H and O–H groups in total. The van der Waals surface area contributed by atoms with Crippen molar-refractivity contribution in [2.45, 2.75) is 6.92 Å². The molecule has 0 aromatic heterocycles. The van der Waals surface area contributed by atoms with Crippen LogP contribution in [0.1, 0.15) is 17.3 Å². The molecule has 0 fully saturated rings. The number of nitrogens with zero attached hydrogens (tertiary/aromatic N) is 1. The van der Waals surface area contributed by atoms with E-state index in [1.807, 2.05) is 0 Å². The van der Waals surface area contributed by atoms with Gasteiger partial charge in [-0.15, -0.1) is 0 Å². The van der Waals surface area contributed by atoms with Crippen LogP contribution in [0.15, 0.2) is 36.4 Å². The Bertz CT molecular complexity index is 810. The van der Waals surface area contributed by atoms with Crippen LogP contribution in [-0.4, -0.2) is 37.7 Å². The molecule has 0 aliphatic carbocycles. The number of carbonyl (C=O) groups is 1. The number of hydrogen-bond acceptors (Lipinski definition) is 6. The molecule has 0 unspecified atom stereocenters. The lowest BCUT2D eigenvalue weighted by molar-refractivity contribution is -0.385. The van der Waals surface area contributed by atoms with Crippen molar-refractivity contribution >= 4 is 23.2 Å². The molecule has 2 rings (SSSR count). The van der Waals surface area contributed by atoms with Gasteiger partial charge in [-0.2, -0.15) is 0 Å². The number of ether oxygens (including phenoxy) is 3. The van der Waals surface area contributed by atoms with Gasteiger partial charge in [-0.05, 0) is 31.2 Å². The average molecular weight is 395 g/mol. The molecule has 144 valence electrons. The molecule has 0 aliphatic heterocycles. The number of benzene rings is 2. The van der Waals surface area contributed by atoms with Crippen LogP contribution in [-0.2, 0) is 0 Å². The Kier molecular flexibility index (Phi) is 7.25. The van der Waals surface area contributed by atoms with Gasteiger partial charge in [0, 0.05) is 11.1 Å². The fourth-order valence-corrected chi connectivity index (χ4v) is 2.40. The predicted octanol–water partition coefficient (Wildman–Crippen LogP) is 3.46. The van der Waals surface area contributed by atoms with E-state index in [0.717, 1.165) is 0 Å². The lowest BCUT2D eigenvalue weighted by atomic mass is 10.1. The molecule has 1 amide bonds. The van der Waals surface area contributed by atoms with E-state index in [4.69, 9.17) is 25.8 Å². The van der Waals surface area contributed by atoms with Crippen LogP contribution in [0.2, 0.25) is 5.02 Å². The number of nitro benzene ring substituents is 1. The van der Waals surface area contributed by atoms with Crippen LogP contribution in [0.3, 0.4) is 0 Å². The number of hydrogen-bond donors (Lipinski definition) is 1. The standard InChI is InChI=1S/C18H19ClN2O6/c1-3-26-17-10-14(15(21(23)24)11-16(17)25-2)18(22)20-8-9-27-13-6-4-12(19)5-7-13/h4-7,10-11H,3,8-9H2,1-2H3,(H,20,22). The Morgan fingerprint density at radius 1 is 1.19 bits per heavy atom. The van der Waals surface area contributed by atoms with Gasteiger partial charge in [0.15, 0.2) is 11.5 Å². The summed E-state index contributed by atoms with van der Waals surface area (Å²) in [5.41, 5.74) is -0.484. The minimum atomic E-state index is -0.641. The molecule has 0 radical (unpaired) electrons. The molecular weight excluding hydrogens is 376 g/mol. The van der Waals surface area contributed by atoms with Gasteiger partial charge in [-0.1, -0.05) is 11.6 Å². The van der Waals surface area contributed by atoms with Gasteiger partial charge in [0.1, 0.15) is 17.9 Å². The molecule has 0 atom stereocenters. The van der Waals surface area contributed by atoms with E-state index < -0.39 is 10.8 Å². The van der Waals surface area contributed by atoms with E-state index in [1.165, 1.54) is 19.2 Å². The van der Waals surface area contributed by atoms with Crippen molar-refractivity contribution in [3.05, 3.63) is 57.1 Å². The Labute approximate surface area is 161 Å². The van der Waals surface area contributed by atoms with E-state index in [-0.39, 0.29) is 35.9 Å². The van der Waals surface area contributed by atoms with Crippen molar-refractivity contribution in [2.24, 2.45) is 0 Å². The van der Waals surface area contributed by atoms with Gasteiger partial charge >= 0.3 is 0 Å². The number of nitro groups is 1. The molecule has 0 spiro atoms. The third kappa shape index (κ3) is 5.49. The fraction of sp³-hybridized carbons (Fsp3) is 0.278. The molecule has 2 aromatic carbocycles. The summed E-state index contributed by atoms with van der Waals surface area (Å²) in [6.07, 6.45) is 0. The van der Waals surface area contributed by atoms with Crippen LogP contribution in [0.5, 0.6) is 17.2 Å². The zero-order valence-corrected chi connectivity index (χ0v) is 15.6. The summed E-state index contributed by atoms with van der Waals surface area (Å²) in [5.74, 6) is 0.437. The number of rotatable bonds is 9. The predicted molar refractivity (Wildman–Crippen MR) is 100 cm³/mol. The molecular formula is C18H19ClN2O6. The van der Waals surface area contributed by atoms with E-state index >= 15 is 0 Å². The summed E-state index contributed by atoms with van der Waals surface area (Å²) in [6, 6.07) is 9.25. The van der Waals surface area contributed by atoms with Crippen LogP contribution in [0.4, 0.5) is 5.69 Å². The van der Waals surface area contributed by atoms with Gasteiger partial charge in [0.25, 0.3) is 11.6 Å². The topological polar surface area (TPSA) is 99.9 Å². The summed E-state index contributed by atoms with van der Waals surface area (Å²) in [5, 5.41) is 14.5. The largest absolute Gasteiger partial charge is 0.493 e. The SMILES string of the molecule is CCOc1cc(C(=O)NCCOc2ccc(Cl)cc2)c([N+](=O)[O-])cc1OC. The Hall–Kier alpha value is -3.00. The number of amides is 1. The highest BCUT2D eigenvalue weighted by molar-refractivity contribution is 6.30. The summed E-state index contributed by atoms with van der Waals surface area (Å²) >= 11 is 5.79. The second-order valence-corrected chi connectivity index (χ2v) is 5.71. The quantitative estimate of drug-likeness (QED) is 0.397. The van der Waals surface area contributed by atoms with Gasteiger partial charge < -0.3 is 19.5 Å². The third-order valence-corrected chi connectivity index (χ3v) is 3.75. The van der Waals surface area contributed by atoms with Crippen molar-refractivity contribution < 1.29 is 23.9 Å². The highest BCUT2D eigenvalue weighted by Gasteiger charge is 2.24. The molecule has 0 aliphatic rings. The lowest BCUT2D eigenvalue weighted by Gasteiger charge is -2.12. The zero-order chi connectivity index (χ0) is 19.8. The molecule has 8 nitrogen and oxygen atoms in total. The van der Waals surface area contributed by atoms with Gasteiger partial charge in [0.05, 0.1) is 31.3 Å². The van der Waals surface area contributed by atoms with E-state index in [2.05, 4.69) is 5.32 Å². The van der Waals surface area contributed by atoms with Crippen LogP contribution in [0.25, 0.3) is 0 Å². The summed E-state index contributed by atoms with van der Waals surface area (Å²) < 4.78 is 15.9. The number of methoxy groups -OCH3 is 1. The van der Waals surface area contributed by atoms with Crippen molar-refractivity contribution in [1.82, 2.24) is 5.32 Å². The Morgan fingerprint density at radius 2 is 1.89 bits per heavy atom. The molecule has 27 heavy (non-hydrogen) atoms. The number of carbonyl (C=O) groups excluding carboxylic acids is 1. The first kappa shape index (κ1) is 20.3. The number of nitrogens with one attached hydrogen (secondary N) is 1. The van der Waals surface area contributed by atoms with Gasteiger partial charge in [0.2, 0.25) is 0 Å². The lowest BCUT2D eigenvalue weighted by Crippen LogP contribution is -2.28. The fourth-order valence-electron chi connectivity index (χ4n) is 2.27. The molecule has 0 saturated carbocycles. The second kappa shape index (κ2) is 9.63. The monoisotopic (exact) mass is 394 g/mol. The maximum Gasteiger partial charge on any atom is 0.286 e. The summed E-state index contributed by atoms with van der Waals surface area (Å²) in [4.78, 5) is 23.1. The van der Waals surface area contributed by atoms with Crippen molar-refractivity contribution in [2.75, 3.05) is 26.9 Å². The minimum absolute atomic E-state index is 0.115. The highest BCUT2D eigenvalue weighted by atomic mass is 35.5. The minimum Gasteiger partial charge on any atom is -0.493 e. The molecule has 9 heteroatoms. The molecule has 0 saturated heterocycles.